The molecule has 1 atom stereocenters. The average Bonchev–Trinajstić information content (AvgIpc) is 2.61. The molecule has 0 amide bonds. The minimum absolute atomic E-state index is 0.0796. The highest BCUT2D eigenvalue weighted by Gasteiger charge is 2.27. The number of rotatable bonds is 5. The Morgan fingerprint density at radius 2 is 1.94 bits per heavy atom. The van der Waals surface area contributed by atoms with Crippen molar-refractivity contribution >= 4 is 5.78 Å². The van der Waals surface area contributed by atoms with E-state index in [2.05, 4.69) is 30.9 Å². The minimum atomic E-state index is -0.277. The van der Waals surface area contributed by atoms with Crippen molar-refractivity contribution in [3.8, 4) is 0 Å². The van der Waals surface area contributed by atoms with Crippen LogP contribution in [0, 0.1) is 11.3 Å². The molecule has 0 spiro atoms. The van der Waals surface area contributed by atoms with Crippen LogP contribution in [0.15, 0.2) is 4.52 Å². The van der Waals surface area contributed by atoms with Crippen LogP contribution >= 0.6 is 0 Å². The van der Waals surface area contributed by atoms with Gasteiger partial charge in [-0.2, -0.15) is 4.98 Å². The lowest BCUT2D eigenvalue weighted by atomic mass is 9.90. The molecule has 1 unspecified atom stereocenters. The van der Waals surface area contributed by atoms with Gasteiger partial charge in [0.15, 0.2) is 5.82 Å². The molecule has 0 bridgehead atoms. The van der Waals surface area contributed by atoms with E-state index in [-0.39, 0.29) is 23.0 Å². The molecule has 102 valence electrons. The third-order valence-electron chi connectivity index (χ3n) is 2.95. The molecule has 1 aromatic heterocycles. The monoisotopic (exact) mass is 252 g/mol. The number of aryl methyl sites for hydroxylation is 1. The first kappa shape index (κ1) is 14.9. The van der Waals surface area contributed by atoms with Crippen molar-refractivity contribution in [2.45, 2.75) is 60.3 Å². The molecule has 0 radical (unpaired) electrons. The molecule has 0 aromatic carbocycles. The molecule has 1 heterocycles. The molecule has 0 N–H and O–H groups in total. The van der Waals surface area contributed by atoms with Crippen molar-refractivity contribution in [1.29, 1.82) is 0 Å². The highest BCUT2D eigenvalue weighted by Crippen LogP contribution is 2.25. The summed E-state index contributed by atoms with van der Waals surface area (Å²) in [5.74, 6) is 1.14. The van der Waals surface area contributed by atoms with Crippen LogP contribution in [-0.4, -0.2) is 15.9 Å². The van der Waals surface area contributed by atoms with Crippen molar-refractivity contribution in [3.05, 3.63) is 11.7 Å². The van der Waals surface area contributed by atoms with E-state index in [0.717, 1.165) is 12.8 Å². The molecule has 4 heteroatoms. The first-order valence-corrected chi connectivity index (χ1v) is 6.53. The quantitative estimate of drug-likeness (QED) is 0.806. The largest absolute Gasteiger partial charge is 0.339 e. The SMILES string of the molecule is CC(=O)C(c1nc(CCC(C)(C)C)no1)C(C)C. The Bertz CT molecular complexity index is 402. The van der Waals surface area contributed by atoms with Gasteiger partial charge in [0.2, 0.25) is 5.89 Å². The Kier molecular flexibility index (Phi) is 4.65. The summed E-state index contributed by atoms with van der Waals surface area (Å²) in [6, 6.07) is 0. The number of Topliss-reactive ketones (excluding diaryl/α,β-unsaturated/α-hetero) is 1. The molecule has 1 rings (SSSR count). The molecule has 0 aliphatic rings. The Balaban J connectivity index is 2.76. The van der Waals surface area contributed by atoms with E-state index in [4.69, 9.17) is 4.52 Å². The van der Waals surface area contributed by atoms with Gasteiger partial charge in [-0.1, -0.05) is 39.8 Å². The Hall–Kier alpha value is -1.19. The molecule has 1 aromatic rings. The predicted octanol–water partition coefficient (Wildman–Crippen LogP) is 3.38. The molecule has 0 saturated heterocycles. The second-order valence-corrected chi connectivity index (χ2v) is 6.44. The van der Waals surface area contributed by atoms with Crippen LogP contribution in [0.3, 0.4) is 0 Å². The summed E-state index contributed by atoms with van der Waals surface area (Å²) in [6.07, 6.45) is 1.79. The second-order valence-electron chi connectivity index (χ2n) is 6.44. The second kappa shape index (κ2) is 5.63. The van der Waals surface area contributed by atoms with E-state index in [1.165, 1.54) is 0 Å². The highest BCUT2D eigenvalue weighted by molar-refractivity contribution is 5.82. The Morgan fingerprint density at radius 3 is 2.39 bits per heavy atom. The molecular weight excluding hydrogens is 228 g/mol. The zero-order chi connectivity index (χ0) is 13.9. The van der Waals surface area contributed by atoms with Gasteiger partial charge in [0.25, 0.3) is 0 Å². The molecule has 0 aliphatic carbocycles. The van der Waals surface area contributed by atoms with Crippen LogP contribution in [0.4, 0.5) is 0 Å². The third kappa shape index (κ3) is 4.24. The smallest absolute Gasteiger partial charge is 0.237 e. The van der Waals surface area contributed by atoms with Crippen LogP contribution in [0.1, 0.15) is 65.6 Å². The maximum Gasteiger partial charge on any atom is 0.237 e. The van der Waals surface area contributed by atoms with Gasteiger partial charge in [0, 0.05) is 6.42 Å². The maximum absolute atomic E-state index is 11.6. The van der Waals surface area contributed by atoms with Crippen molar-refractivity contribution < 1.29 is 9.32 Å². The average molecular weight is 252 g/mol. The van der Waals surface area contributed by atoms with Gasteiger partial charge in [-0.25, -0.2) is 0 Å². The fraction of sp³-hybridized carbons (Fsp3) is 0.786. The standard InChI is InChI=1S/C14H24N2O2/c1-9(2)12(10(3)17)13-15-11(16-18-13)7-8-14(4,5)6/h9,12H,7-8H2,1-6H3. The van der Waals surface area contributed by atoms with Crippen molar-refractivity contribution in [2.75, 3.05) is 0 Å². The molecular formula is C14H24N2O2. The van der Waals surface area contributed by atoms with Gasteiger partial charge < -0.3 is 4.52 Å². The van der Waals surface area contributed by atoms with Crippen molar-refractivity contribution in [2.24, 2.45) is 11.3 Å². The van der Waals surface area contributed by atoms with Crippen LogP contribution in [0.5, 0.6) is 0 Å². The van der Waals surface area contributed by atoms with E-state index in [9.17, 15) is 4.79 Å². The summed E-state index contributed by atoms with van der Waals surface area (Å²) in [5.41, 5.74) is 0.249. The van der Waals surface area contributed by atoms with E-state index in [1.54, 1.807) is 6.92 Å². The third-order valence-corrected chi connectivity index (χ3v) is 2.95. The van der Waals surface area contributed by atoms with Gasteiger partial charge >= 0.3 is 0 Å². The number of carbonyl (C=O) groups is 1. The van der Waals surface area contributed by atoms with E-state index < -0.39 is 0 Å². The Labute approximate surface area is 109 Å². The van der Waals surface area contributed by atoms with Crippen LogP contribution < -0.4 is 0 Å². The number of hydrogen-bond acceptors (Lipinski definition) is 4. The summed E-state index contributed by atoms with van der Waals surface area (Å²) in [6.45, 7) is 12.1. The first-order valence-electron chi connectivity index (χ1n) is 6.53. The molecule has 0 saturated carbocycles. The zero-order valence-corrected chi connectivity index (χ0v) is 12.3. The predicted molar refractivity (Wildman–Crippen MR) is 70.3 cm³/mol. The highest BCUT2D eigenvalue weighted by atomic mass is 16.5. The number of aromatic nitrogens is 2. The molecule has 4 nitrogen and oxygen atoms in total. The van der Waals surface area contributed by atoms with Gasteiger partial charge in [-0.05, 0) is 24.7 Å². The van der Waals surface area contributed by atoms with Gasteiger partial charge in [-0.3, -0.25) is 4.79 Å². The zero-order valence-electron chi connectivity index (χ0n) is 12.3. The van der Waals surface area contributed by atoms with Gasteiger partial charge in [0.1, 0.15) is 5.78 Å². The lowest BCUT2D eigenvalue weighted by molar-refractivity contribution is -0.119. The molecule has 0 fully saturated rings. The fourth-order valence-electron chi connectivity index (χ4n) is 1.91. The van der Waals surface area contributed by atoms with Crippen LogP contribution in [0.2, 0.25) is 0 Å². The number of hydrogen-bond donors (Lipinski definition) is 0. The van der Waals surface area contributed by atoms with Crippen molar-refractivity contribution in [3.63, 3.8) is 0 Å². The molecule has 18 heavy (non-hydrogen) atoms. The van der Waals surface area contributed by atoms with E-state index in [0.29, 0.717) is 11.7 Å². The Morgan fingerprint density at radius 1 is 1.33 bits per heavy atom. The normalized spacial score (nSPS) is 13.9. The first-order chi connectivity index (χ1) is 8.20. The molecule has 0 aliphatic heterocycles. The number of nitrogens with zero attached hydrogens (tertiary/aromatic N) is 2. The minimum Gasteiger partial charge on any atom is -0.339 e. The van der Waals surface area contributed by atoms with Gasteiger partial charge in [-0.15, -0.1) is 0 Å². The lowest BCUT2D eigenvalue weighted by Crippen LogP contribution is -2.15. The summed E-state index contributed by atoms with van der Waals surface area (Å²) in [4.78, 5) is 15.9. The van der Waals surface area contributed by atoms with Crippen molar-refractivity contribution in [1.82, 2.24) is 10.1 Å². The maximum atomic E-state index is 11.6. The number of ketones is 1. The summed E-state index contributed by atoms with van der Waals surface area (Å²) < 4.78 is 5.23. The number of carbonyl (C=O) groups excluding carboxylic acids is 1. The van der Waals surface area contributed by atoms with Gasteiger partial charge in [0.05, 0.1) is 5.92 Å². The van der Waals surface area contributed by atoms with E-state index >= 15 is 0 Å². The summed E-state index contributed by atoms with van der Waals surface area (Å²) in [7, 11) is 0. The van der Waals surface area contributed by atoms with Crippen LogP contribution in [0.25, 0.3) is 0 Å². The lowest BCUT2D eigenvalue weighted by Gasteiger charge is -2.16. The summed E-state index contributed by atoms with van der Waals surface area (Å²) >= 11 is 0. The summed E-state index contributed by atoms with van der Waals surface area (Å²) in [5, 5.41) is 3.97. The van der Waals surface area contributed by atoms with E-state index in [1.807, 2.05) is 13.8 Å². The topological polar surface area (TPSA) is 56.0 Å². The van der Waals surface area contributed by atoms with Crippen LogP contribution in [-0.2, 0) is 11.2 Å². The fourth-order valence-corrected chi connectivity index (χ4v) is 1.91.